The Kier molecular flexibility index (Phi) is 6.76. The molecule has 100 valence electrons. The summed E-state index contributed by atoms with van der Waals surface area (Å²) in [5.41, 5.74) is 1.94. The third kappa shape index (κ3) is 5.07. The number of benzene rings is 1. The molecule has 0 atom stereocenters. The lowest BCUT2D eigenvalue weighted by Crippen LogP contribution is -1.97. The van der Waals surface area contributed by atoms with Crippen molar-refractivity contribution in [3.8, 4) is 5.75 Å². The molecule has 1 rings (SSSR count). The van der Waals surface area contributed by atoms with Gasteiger partial charge >= 0.3 is 0 Å². The molecule has 0 unspecified atom stereocenters. The molecule has 18 heavy (non-hydrogen) atoms. The van der Waals surface area contributed by atoms with Gasteiger partial charge in [0.25, 0.3) is 0 Å². The van der Waals surface area contributed by atoms with E-state index in [0.29, 0.717) is 10.8 Å². The molecule has 0 spiro atoms. The van der Waals surface area contributed by atoms with Crippen LogP contribution in [-0.2, 0) is 4.74 Å². The van der Waals surface area contributed by atoms with Crippen LogP contribution >= 0.6 is 11.6 Å². The Morgan fingerprint density at radius 2 is 2.17 bits per heavy atom. The lowest BCUT2D eigenvalue weighted by atomic mass is 10.2. The van der Waals surface area contributed by atoms with Gasteiger partial charge in [0.15, 0.2) is 0 Å². The quantitative estimate of drug-likeness (QED) is 0.547. The summed E-state index contributed by atoms with van der Waals surface area (Å²) in [4.78, 5) is 4.51. The molecule has 0 aliphatic carbocycles. The zero-order valence-corrected chi connectivity index (χ0v) is 12.0. The second-order valence-electron chi connectivity index (χ2n) is 3.97. The van der Waals surface area contributed by atoms with Crippen molar-refractivity contribution in [1.29, 1.82) is 0 Å². The van der Waals surface area contributed by atoms with E-state index in [0.717, 1.165) is 37.5 Å². The van der Waals surface area contributed by atoms with Crippen molar-refractivity contribution in [2.24, 2.45) is 4.99 Å². The molecule has 0 fully saturated rings. The van der Waals surface area contributed by atoms with Crippen molar-refractivity contribution in [3.63, 3.8) is 0 Å². The van der Waals surface area contributed by atoms with Crippen molar-refractivity contribution >= 4 is 23.0 Å². The van der Waals surface area contributed by atoms with Crippen LogP contribution in [0.2, 0.25) is 5.02 Å². The number of aliphatic imine (C=N–C) groups is 1. The topological polar surface area (TPSA) is 30.8 Å². The normalized spacial score (nSPS) is 11.7. The Hall–Kier alpha value is -1.06. The molecule has 1 aromatic rings. The summed E-state index contributed by atoms with van der Waals surface area (Å²) in [5, 5.41) is 0.584. The van der Waals surface area contributed by atoms with E-state index in [1.54, 1.807) is 7.11 Å². The average molecular weight is 270 g/mol. The van der Waals surface area contributed by atoms with Crippen LogP contribution in [-0.4, -0.2) is 26.0 Å². The summed E-state index contributed by atoms with van der Waals surface area (Å²) in [6.45, 7) is 5.57. The Morgan fingerprint density at radius 3 is 2.78 bits per heavy atom. The van der Waals surface area contributed by atoms with E-state index in [2.05, 4.69) is 4.99 Å². The predicted octanol–water partition coefficient (Wildman–Crippen LogP) is 4.26. The third-order valence-corrected chi connectivity index (χ3v) is 2.78. The molecule has 0 radical (unpaired) electrons. The van der Waals surface area contributed by atoms with Crippen LogP contribution in [0.4, 0.5) is 5.69 Å². The maximum atomic E-state index is 6.04. The van der Waals surface area contributed by atoms with Crippen LogP contribution in [0.5, 0.6) is 5.75 Å². The van der Waals surface area contributed by atoms with E-state index in [1.165, 1.54) is 0 Å². The van der Waals surface area contributed by atoms with Gasteiger partial charge in [-0.2, -0.15) is 0 Å². The van der Waals surface area contributed by atoms with Crippen molar-refractivity contribution in [2.45, 2.75) is 26.7 Å². The van der Waals surface area contributed by atoms with Crippen LogP contribution in [0, 0.1) is 0 Å². The molecule has 0 saturated heterocycles. The Balaban J connectivity index is 2.56. The Labute approximate surface area is 114 Å². The molecule has 0 amide bonds. The highest BCUT2D eigenvalue weighted by molar-refractivity contribution is 6.32. The van der Waals surface area contributed by atoms with Gasteiger partial charge in [-0.15, -0.1) is 0 Å². The second-order valence-corrected chi connectivity index (χ2v) is 4.37. The van der Waals surface area contributed by atoms with Gasteiger partial charge in [-0.3, -0.25) is 4.99 Å². The maximum absolute atomic E-state index is 6.04. The summed E-state index contributed by atoms with van der Waals surface area (Å²) in [7, 11) is 1.60. The summed E-state index contributed by atoms with van der Waals surface area (Å²) >= 11 is 6.04. The van der Waals surface area contributed by atoms with Crippen LogP contribution < -0.4 is 4.74 Å². The fourth-order valence-corrected chi connectivity index (χ4v) is 1.83. The largest absolute Gasteiger partial charge is 0.495 e. The molecular formula is C14H20ClNO2. The van der Waals surface area contributed by atoms with E-state index < -0.39 is 0 Å². The molecule has 3 nitrogen and oxygen atoms in total. The van der Waals surface area contributed by atoms with E-state index in [-0.39, 0.29) is 0 Å². The minimum atomic E-state index is 0.584. The van der Waals surface area contributed by atoms with Gasteiger partial charge in [-0.25, -0.2) is 0 Å². The maximum Gasteiger partial charge on any atom is 0.137 e. The minimum Gasteiger partial charge on any atom is -0.495 e. The van der Waals surface area contributed by atoms with Crippen molar-refractivity contribution < 1.29 is 9.47 Å². The fourth-order valence-electron chi connectivity index (χ4n) is 1.58. The highest BCUT2D eigenvalue weighted by Crippen LogP contribution is 2.28. The highest BCUT2D eigenvalue weighted by Gasteiger charge is 2.01. The standard InChI is InChI=1S/C14H20ClNO2/c1-4-18-9-5-6-11(2)16-12-7-8-14(17-3)13(15)10-12/h7-8,10H,4-6,9H2,1-3H3. The number of hydrogen-bond acceptors (Lipinski definition) is 3. The lowest BCUT2D eigenvalue weighted by Gasteiger charge is -2.05. The number of halogens is 1. The molecule has 1 aromatic carbocycles. The average Bonchev–Trinajstić information content (AvgIpc) is 2.35. The molecule has 0 heterocycles. The van der Waals surface area contributed by atoms with Crippen LogP contribution in [0.15, 0.2) is 23.2 Å². The summed E-state index contributed by atoms with van der Waals surface area (Å²) in [5.74, 6) is 0.671. The fraction of sp³-hybridized carbons (Fsp3) is 0.500. The molecule has 0 aromatic heterocycles. The van der Waals surface area contributed by atoms with Gasteiger partial charge in [0.05, 0.1) is 17.8 Å². The molecular weight excluding hydrogens is 250 g/mol. The van der Waals surface area contributed by atoms with Gasteiger partial charge in [-0.1, -0.05) is 11.6 Å². The van der Waals surface area contributed by atoms with E-state index in [9.17, 15) is 0 Å². The molecule has 0 aliphatic heterocycles. The summed E-state index contributed by atoms with van der Waals surface area (Å²) in [6, 6.07) is 5.54. The number of ether oxygens (including phenoxy) is 2. The van der Waals surface area contributed by atoms with Crippen molar-refractivity contribution in [3.05, 3.63) is 23.2 Å². The van der Waals surface area contributed by atoms with E-state index in [4.69, 9.17) is 21.1 Å². The van der Waals surface area contributed by atoms with Gasteiger partial charge in [0, 0.05) is 18.9 Å². The minimum absolute atomic E-state index is 0.584. The van der Waals surface area contributed by atoms with Crippen molar-refractivity contribution in [1.82, 2.24) is 0 Å². The van der Waals surface area contributed by atoms with Gasteiger partial charge in [0.2, 0.25) is 0 Å². The second kappa shape index (κ2) is 8.11. The Bertz CT molecular complexity index is 405. The SMILES string of the molecule is CCOCCCC(C)=Nc1ccc(OC)c(Cl)c1. The first-order valence-electron chi connectivity index (χ1n) is 6.12. The highest BCUT2D eigenvalue weighted by atomic mass is 35.5. The molecule has 0 bridgehead atoms. The lowest BCUT2D eigenvalue weighted by molar-refractivity contribution is 0.146. The monoisotopic (exact) mass is 269 g/mol. The zero-order chi connectivity index (χ0) is 13.4. The summed E-state index contributed by atoms with van der Waals surface area (Å²) < 4.78 is 10.4. The molecule has 0 saturated carbocycles. The van der Waals surface area contributed by atoms with Gasteiger partial charge in [0.1, 0.15) is 5.75 Å². The summed E-state index contributed by atoms with van der Waals surface area (Å²) in [6.07, 6.45) is 1.93. The van der Waals surface area contributed by atoms with Gasteiger partial charge in [-0.05, 0) is 44.9 Å². The molecule has 4 heteroatoms. The number of hydrogen-bond donors (Lipinski definition) is 0. The number of nitrogens with zero attached hydrogens (tertiary/aromatic N) is 1. The Morgan fingerprint density at radius 1 is 1.39 bits per heavy atom. The zero-order valence-electron chi connectivity index (χ0n) is 11.2. The van der Waals surface area contributed by atoms with E-state index in [1.807, 2.05) is 32.0 Å². The predicted molar refractivity (Wildman–Crippen MR) is 76.5 cm³/mol. The number of methoxy groups -OCH3 is 1. The molecule has 0 N–H and O–H groups in total. The van der Waals surface area contributed by atoms with Crippen LogP contribution in [0.1, 0.15) is 26.7 Å². The van der Waals surface area contributed by atoms with E-state index >= 15 is 0 Å². The first kappa shape index (κ1) is 15.0. The first-order chi connectivity index (χ1) is 8.67. The molecule has 0 aliphatic rings. The smallest absolute Gasteiger partial charge is 0.137 e. The first-order valence-corrected chi connectivity index (χ1v) is 6.50. The van der Waals surface area contributed by atoms with Crippen LogP contribution in [0.3, 0.4) is 0 Å². The third-order valence-electron chi connectivity index (χ3n) is 2.49. The van der Waals surface area contributed by atoms with Gasteiger partial charge < -0.3 is 9.47 Å². The van der Waals surface area contributed by atoms with Crippen LogP contribution in [0.25, 0.3) is 0 Å². The number of rotatable bonds is 7. The van der Waals surface area contributed by atoms with Crippen molar-refractivity contribution in [2.75, 3.05) is 20.3 Å².